The van der Waals surface area contributed by atoms with Gasteiger partial charge in [-0.3, -0.25) is 14.9 Å². The van der Waals surface area contributed by atoms with Gasteiger partial charge in [0.1, 0.15) is 0 Å². The van der Waals surface area contributed by atoms with E-state index in [1.165, 1.54) is 19.4 Å². The van der Waals surface area contributed by atoms with Crippen LogP contribution >= 0.6 is 0 Å². The molecule has 0 aliphatic carbocycles. The fourth-order valence-electron chi connectivity index (χ4n) is 2.21. The zero-order valence-electron chi connectivity index (χ0n) is 8.85. The first-order valence-corrected chi connectivity index (χ1v) is 5.30. The van der Waals surface area contributed by atoms with Gasteiger partial charge >= 0.3 is 0 Å². The molecule has 1 aromatic rings. The lowest BCUT2D eigenvalue weighted by molar-refractivity contribution is 0.202. The van der Waals surface area contributed by atoms with Gasteiger partial charge < -0.3 is 0 Å². The zero-order valence-corrected chi connectivity index (χ0v) is 8.85. The maximum atomic E-state index is 4.39. The lowest BCUT2D eigenvalue weighted by Gasteiger charge is -2.27. The molecule has 3 heteroatoms. The van der Waals surface area contributed by atoms with Crippen molar-refractivity contribution < 1.29 is 0 Å². The van der Waals surface area contributed by atoms with Gasteiger partial charge in [-0.25, -0.2) is 0 Å². The molecule has 76 valence electrons. The van der Waals surface area contributed by atoms with Crippen LogP contribution in [0, 0.1) is 0 Å². The number of aromatic nitrogens is 2. The molecule has 0 aromatic carbocycles. The summed E-state index contributed by atoms with van der Waals surface area (Å²) in [4.78, 5) is 11.0. The Bertz CT molecular complexity index is 284. The van der Waals surface area contributed by atoms with E-state index in [0.717, 1.165) is 5.69 Å². The van der Waals surface area contributed by atoms with E-state index in [0.29, 0.717) is 12.1 Å². The third-order valence-electron chi connectivity index (χ3n) is 2.88. The largest absolute Gasteiger partial charge is 0.292 e. The highest BCUT2D eigenvalue weighted by Gasteiger charge is 2.28. The van der Waals surface area contributed by atoms with Crippen molar-refractivity contribution in [2.75, 3.05) is 6.54 Å². The van der Waals surface area contributed by atoms with Gasteiger partial charge in [0.2, 0.25) is 0 Å². The summed E-state index contributed by atoms with van der Waals surface area (Å²) < 4.78 is 0. The minimum absolute atomic E-state index is 0.490. The second kappa shape index (κ2) is 4.05. The Labute approximate surface area is 85.2 Å². The van der Waals surface area contributed by atoms with Crippen molar-refractivity contribution >= 4 is 0 Å². The first kappa shape index (κ1) is 9.59. The van der Waals surface area contributed by atoms with Crippen LogP contribution in [-0.4, -0.2) is 27.5 Å². The van der Waals surface area contributed by atoms with Gasteiger partial charge in [0.25, 0.3) is 0 Å². The fourth-order valence-corrected chi connectivity index (χ4v) is 2.21. The van der Waals surface area contributed by atoms with Crippen molar-refractivity contribution in [1.82, 2.24) is 14.9 Å². The van der Waals surface area contributed by atoms with Gasteiger partial charge in [0.05, 0.1) is 11.7 Å². The van der Waals surface area contributed by atoms with E-state index in [2.05, 4.69) is 28.7 Å². The number of rotatable bonds is 2. The summed E-state index contributed by atoms with van der Waals surface area (Å²) in [7, 11) is 0. The summed E-state index contributed by atoms with van der Waals surface area (Å²) in [5.74, 6) is 0. The maximum Gasteiger partial charge on any atom is 0.0758 e. The van der Waals surface area contributed by atoms with Crippen molar-refractivity contribution in [2.24, 2.45) is 0 Å². The van der Waals surface area contributed by atoms with E-state index in [9.17, 15) is 0 Å². The predicted octanol–water partition coefficient (Wildman–Crippen LogP) is 2.02. The molecule has 1 aromatic heterocycles. The topological polar surface area (TPSA) is 29.0 Å². The lowest BCUT2D eigenvalue weighted by Crippen LogP contribution is -2.30. The number of nitrogens with zero attached hydrogens (tertiary/aromatic N) is 3. The van der Waals surface area contributed by atoms with Crippen LogP contribution in [0.25, 0.3) is 0 Å². The summed E-state index contributed by atoms with van der Waals surface area (Å²) in [5.41, 5.74) is 1.12. The van der Waals surface area contributed by atoms with Crippen LogP contribution in [-0.2, 0) is 0 Å². The summed E-state index contributed by atoms with van der Waals surface area (Å²) in [5, 5.41) is 0. The van der Waals surface area contributed by atoms with Crippen LogP contribution in [0.1, 0.15) is 38.4 Å². The van der Waals surface area contributed by atoms with Crippen molar-refractivity contribution in [3.05, 3.63) is 24.3 Å². The van der Waals surface area contributed by atoms with Crippen LogP contribution in [0.5, 0.6) is 0 Å². The summed E-state index contributed by atoms with van der Waals surface area (Å²) in [6.07, 6.45) is 7.91. The molecule has 0 bridgehead atoms. The van der Waals surface area contributed by atoms with Crippen molar-refractivity contribution in [3.63, 3.8) is 0 Å². The van der Waals surface area contributed by atoms with Gasteiger partial charge in [0.15, 0.2) is 0 Å². The van der Waals surface area contributed by atoms with Crippen LogP contribution < -0.4 is 0 Å². The molecule has 2 rings (SSSR count). The first-order chi connectivity index (χ1) is 6.79. The third kappa shape index (κ3) is 1.77. The second-order valence-corrected chi connectivity index (χ2v) is 4.12. The molecule has 0 radical (unpaired) electrons. The molecule has 1 aliphatic rings. The Kier molecular flexibility index (Phi) is 2.77. The normalized spacial score (nSPS) is 23.2. The van der Waals surface area contributed by atoms with Crippen LogP contribution in [0.2, 0.25) is 0 Å². The molecule has 1 fully saturated rings. The van der Waals surface area contributed by atoms with E-state index in [1.807, 2.05) is 6.20 Å². The quantitative estimate of drug-likeness (QED) is 0.716. The van der Waals surface area contributed by atoms with Crippen molar-refractivity contribution in [1.29, 1.82) is 0 Å². The maximum absolute atomic E-state index is 4.39. The lowest BCUT2D eigenvalue weighted by atomic mass is 10.1. The fraction of sp³-hybridized carbons (Fsp3) is 0.636. The first-order valence-electron chi connectivity index (χ1n) is 5.30. The van der Waals surface area contributed by atoms with Crippen LogP contribution in [0.3, 0.4) is 0 Å². The average molecular weight is 191 g/mol. The Morgan fingerprint density at radius 3 is 2.93 bits per heavy atom. The molecular weight excluding hydrogens is 174 g/mol. The molecule has 3 nitrogen and oxygen atoms in total. The summed E-state index contributed by atoms with van der Waals surface area (Å²) >= 11 is 0. The van der Waals surface area contributed by atoms with Crippen LogP contribution in [0.4, 0.5) is 0 Å². The summed E-state index contributed by atoms with van der Waals surface area (Å²) in [6, 6.07) is 1.09. The minimum atomic E-state index is 0.490. The zero-order chi connectivity index (χ0) is 9.97. The average Bonchev–Trinajstić information content (AvgIpc) is 2.67. The van der Waals surface area contributed by atoms with Crippen molar-refractivity contribution in [3.8, 4) is 0 Å². The molecule has 2 heterocycles. The van der Waals surface area contributed by atoms with Gasteiger partial charge in [-0.1, -0.05) is 0 Å². The van der Waals surface area contributed by atoms with Gasteiger partial charge in [-0.15, -0.1) is 0 Å². The molecule has 1 atom stereocenters. The monoisotopic (exact) mass is 191 g/mol. The second-order valence-electron chi connectivity index (χ2n) is 4.12. The Hall–Kier alpha value is -0.960. The van der Waals surface area contributed by atoms with E-state index in [1.54, 1.807) is 12.4 Å². The summed E-state index contributed by atoms with van der Waals surface area (Å²) in [6.45, 7) is 5.68. The standard InChI is InChI=1S/C11H17N3/c1-9(2)14-7-3-4-11(14)10-8-12-5-6-13-10/h5-6,8-9,11H,3-4,7H2,1-2H3. The Morgan fingerprint density at radius 1 is 1.43 bits per heavy atom. The molecule has 14 heavy (non-hydrogen) atoms. The smallest absolute Gasteiger partial charge is 0.0758 e. The van der Waals surface area contributed by atoms with E-state index < -0.39 is 0 Å². The minimum Gasteiger partial charge on any atom is -0.292 e. The van der Waals surface area contributed by atoms with Crippen LogP contribution in [0.15, 0.2) is 18.6 Å². The van der Waals surface area contributed by atoms with Gasteiger partial charge in [0, 0.05) is 24.6 Å². The Balaban J connectivity index is 2.18. The molecule has 0 amide bonds. The molecule has 0 N–H and O–H groups in total. The molecule has 1 unspecified atom stereocenters. The molecule has 0 spiro atoms. The third-order valence-corrected chi connectivity index (χ3v) is 2.88. The molecule has 0 saturated carbocycles. The van der Waals surface area contributed by atoms with E-state index in [4.69, 9.17) is 0 Å². The van der Waals surface area contributed by atoms with E-state index in [-0.39, 0.29) is 0 Å². The van der Waals surface area contributed by atoms with Gasteiger partial charge in [-0.2, -0.15) is 0 Å². The highest BCUT2D eigenvalue weighted by Crippen LogP contribution is 2.31. The van der Waals surface area contributed by atoms with Gasteiger partial charge in [-0.05, 0) is 33.2 Å². The highest BCUT2D eigenvalue weighted by molar-refractivity contribution is 5.05. The number of likely N-dealkylation sites (tertiary alicyclic amines) is 1. The van der Waals surface area contributed by atoms with E-state index >= 15 is 0 Å². The molecular formula is C11H17N3. The molecule has 1 saturated heterocycles. The predicted molar refractivity (Wildman–Crippen MR) is 55.8 cm³/mol. The molecule has 1 aliphatic heterocycles. The highest BCUT2D eigenvalue weighted by atomic mass is 15.2. The van der Waals surface area contributed by atoms with Crippen molar-refractivity contribution in [2.45, 2.75) is 38.8 Å². The number of hydrogen-bond acceptors (Lipinski definition) is 3. The Morgan fingerprint density at radius 2 is 2.29 bits per heavy atom. The number of hydrogen-bond donors (Lipinski definition) is 0. The SMILES string of the molecule is CC(C)N1CCCC1c1cnccn1.